The minimum atomic E-state index is -0.0489. The largest absolute Gasteiger partial charge is 0.378 e. The second kappa shape index (κ2) is 8.18. The van der Waals surface area contributed by atoms with Crippen LogP contribution in [0.25, 0.3) is 5.69 Å². The monoisotopic (exact) mass is 378 g/mol. The highest BCUT2D eigenvalue weighted by Crippen LogP contribution is 2.18. The first-order valence-corrected chi connectivity index (χ1v) is 9.21. The number of aromatic nitrogens is 4. The molecule has 8 nitrogen and oxygen atoms in total. The van der Waals surface area contributed by atoms with E-state index in [2.05, 4.69) is 44.7 Å². The van der Waals surface area contributed by atoms with E-state index in [0.717, 1.165) is 37.6 Å². The molecule has 0 bridgehead atoms. The molecule has 1 aliphatic rings. The van der Waals surface area contributed by atoms with Gasteiger partial charge in [0.25, 0.3) is 5.91 Å². The Hall–Kier alpha value is -3.26. The number of ether oxygens (including phenoxy) is 1. The Bertz CT molecular complexity index is 920. The lowest BCUT2D eigenvalue weighted by Gasteiger charge is -2.29. The van der Waals surface area contributed by atoms with E-state index < -0.39 is 0 Å². The summed E-state index contributed by atoms with van der Waals surface area (Å²) in [6.45, 7) is 3.90. The molecule has 144 valence electrons. The van der Waals surface area contributed by atoms with E-state index in [9.17, 15) is 4.79 Å². The van der Waals surface area contributed by atoms with Crippen molar-refractivity contribution in [2.24, 2.45) is 0 Å². The zero-order valence-electron chi connectivity index (χ0n) is 15.7. The first-order valence-electron chi connectivity index (χ1n) is 9.21. The Morgan fingerprint density at radius 2 is 1.89 bits per heavy atom. The molecular formula is C20H22N6O2. The predicted molar refractivity (Wildman–Crippen MR) is 104 cm³/mol. The molecule has 0 atom stereocenters. The van der Waals surface area contributed by atoms with Crippen LogP contribution in [0.1, 0.15) is 15.9 Å². The molecule has 0 aliphatic carbocycles. The van der Waals surface area contributed by atoms with E-state index in [1.165, 1.54) is 16.7 Å². The fraction of sp³-hybridized carbons (Fsp3) is 0.300. The maximum absolute atomic E-state index is 12.8. The number of carbonyl (C=O) groups is 1. The van der Waals surface area contributed by atoms with Crippen LogP contribution in [0.4, 0.5) is 5.69 Å². The number of rotatable bonds is 5. The van der Waals surface area contributed by atoms with Gasteiger partial charge in [0.15, 0.2) is 0 Å². The molecule has 1 fully saturated rings. The summed E-state index contributed by atoms with van der Waals surface area (Å²) < 4.78 is 6.93. The Morgan fingerprint density at radius 1 is 1.11 bits per heavy atom. The second-order valence-corrected chi connectivity index (χ2v) is 6.73. The summed E-state index contributed by atoms with van der Waals surface area (Å²) in [5.41, 5.74) is 3.62. The topological polar surface area (TPSA) is 76.4 Å². The molecule has 0 saturated carbocycles. The van der Waals surface area contributed by atoms with Crippen molar-refractivity contribution in [1.29, 1.82) is 0 Å². The smallest absolute Gasteiger partial charge is 0.253 e. The number of tetrazole rings is 1. The van der Waals surface area contributed by atoms with Crippen molar-refractivity contribution in [3.63, 3.8) is 0 Å². The van der Waals surface area contributed by atoms with Gasteiger partial charge in [-0.2, -0.15) is 0 Å². The van der Waals surface area contributed by atoms with Crippen LogP contribution in [0, 0.1) is 0 Å². The Kier molecular flexibility index (Phi) is 5.29. The van der Waals surface area contributed by atoms with Crippen molar-refractivity contribution in [3.05, 3.63) is 66.0 Å². The van der Waals surface area contributed by atoms with Gasteiger partial charge < -0.3 is 14.5 Å². The zero-order chi connectivity index (χ0) is 19.3. The quantitative estimate of drug-likeness (QED) is 0.674. The van der Waals surface area contributed by atoms with Gasteiger partial charge in [0.05, 0.1) is 18.9 Å². The van der Waals surface area contributed by atoms with E-state index in [1.807, 2.05) is 19.2 Å². The van der Waals surface area contributed by atoms with Crippen LogP contribution in [-0.2, 0) is 11.3 Å². The number of benzene rings is 2. The molecule has 0 spiro atoms. The molecule has 2 aromatic carbocycles. The van der Waals surface area contributed by atoms with Gasteiger partial charge in [-0.15, -0.1) is 5.10 Å². The Morgan fingerprint density at radius 3 is 2.61 bits per heavy atom. The standard InChI is InChI=1S/C20H22N6O2/c1-24(14-16-5-7-18(8-6-16)25-9-11-28-12-10-25)20(27)17-3-2-4-19(13-17)26-15-21-22-23-26/h2-8,13,15H,9-12,14H2,1H3. The predicted octanol–water partition coefficient (Wildman–Crippen LogP) is 1.77. The third-order valence-electron chi connectivity index (χ3n) is 4.79. The van der Waals surface area contributed by atoms with E-state index in [4.69, 9.17) is 4.74 Å². The third-order valence-corrected chi connectivity index (χ3v) is 4.79. The van der Waals surface area contributed by atoms with Gasteiger partial charge in [0, 0.05) is 37.9 Å². The number of morpholine rings is 1. The molecule has 28 heavy (non-hydrogen) atoms. The maximum atomic E-state index is 12.8. The Labute approximate surface area is 163 Å². The van der Waals surface area contributed by atoms with Crippen molar-refractivity contribution in [3.8, 4) is 5.69 Å². The van der Waals surface area contributed by atoms with Crippen LogP contribution < -0.4 is 4.90 Å². The van der Waals surface area contributed by atoms with E-state index in [-0.39, 0.29) is 5.91 Å². The first kappa shape index (κ1) is 18.1. The minimum Gasteiger partial charge on any atom is -0.378 e. The summed E-state index contributed by atoms with van der Waals surface area (Å²) in [6, 6.07) is 15.6. The van der Waals surface area contributed by atoms with E-state index >= 15 is 0 Å². The molecule has 1 amide bonds. The molecule has 4 rings (SSSR count). The minimum absolute atomic E-state index is 0.0489. The fourth-order valence-electron chi connectivity index (χ4n) is 3.26. The molecule has 1 aromatic heterocycles. The summed E-state index contributed by atoms with van der Waals surface area (Å²) in [5, 5.41) is 11.1. The fourth-order valence-corrected chi connectivity index (χ4v) is 3.26. The maximum Gasteiger partial charge on any atom is 0.253 e. The normalized spacial score (nSPS) is 14.1. The average molecular weight is 378 g/mol. The summed E-state index contributed by atoms with van der Waals surface area (Å²) in [6.07, 6.45) is 1.50. The van der Waals surface area contributed by atoms with Crippen LogP contribution >= 0.6 is 0 Å². The van der Waals surface area contributed by atoms with E-state index in [1.54, 1.807) is 17.0 Å². The van der Waals surface area contributed by atoms with Gasteiger partial charge in [0.1, 0.15) is 6.33 Å². The average Bonchev–Trinajstić information content (AvgIpc) is 3.29. The summed E-state index contributed by atoms with van der Waals surface area (Å²) >= 11 is 0. The van der Waals surface area contributed by atoms with Crippen molar-refractivity contribution in [1.82, 2.24) is 25.1 Å². The molecule has 2 heterocycles. The highest BCUT2D eigenvalue weighted by molar-refractivity contribution is 5.94. The molecule has 0 N–H and O–H groups in total. The van der Waals surface area contributed by atoms with Gasteiger partial charge in [-0.05, 0) is 46.3 Å². The lowest BCUT2D eigenvalue weighted by atomic mass is 10.1. The van der Waals surface area contributed by atoms with Crippen LogP contribution in [0.15, 0.2) is 54.9 Å². The highest BCUT2D eigenvalue weighted by atomic mass is 16.5. The van der Waals surface area contributed by atoms with Gasteiger partial charge >= 0.3 is 0 Å². The molecule has 8 heteroatoms. The number of nitrogens with zero attached hydrogens (tertiary/aromatic N) is 6. The van der Waals surface area contributed by atoms with Crippen LogP contribution in [0.5, 0.6) is 0 Å². The van der Waals surface area contributed by atoms with Crippen molar-refractivity contribution in [2.45, 2.75) is 6.54 Å². The molecular weight excluding hydrogens is 356 g/mol. The van der Waals surface area contributed by atoms with Crippen molar-refractivity contribution < 1.29 is 9.53 Å². The number of anilines is 1. The Balaban J connectivity index is 1.42. The van der Waals surface area contributed by atoms with Crippen molar-refractivity contribution in [2.75, 3.05) is 38.3 Å². The van der Waals surface area contributed by atoms with Gasteiger partial charge in [-0.3, -0.25) is 4.79 Å². The van der Waals surface area contributed by atoms with Crippen molar-refractivity contribution >= 4 is 11.6 Å². The van der Waals surface area contributed by atoms with Crippen LogP contribution in [-0.4, -0.2) is 64.4 Å². The summed E-state index contributed by atoms with van der Waals surface area (Å²) in [5.74, 6) is -0.0489. The van der Waals surface area contributed by atoms with Gasteiger partial charge in [0.2, 0.25) is 0 Å². The molecule has 1 saturated heterocycles. The molecule has 0 radical (unpaired) electrons. The van der Waals surface area contributed by atoms with Gasteiger partial charge in [-0.25, -0.2) is 4.68 Å². The second-order valence-electron chi connectivity index (χ2n) is 6.73. The highest BCUT2D eigenvalue weighted by Gasteiger charge is 2.14. The zero-order valence-corrected chi connectivity index (χ0v) is 15.7. The number of hydrogen-bond donors (Lipinski definition) is 0. The van der Waals surface area contributed by atoms with Gasteiger partial charge in [-0.1, -0.05) is 18.2 Å². The summed E-state index contributed by atoms with van der Waals surface area (Å²) in [7, 11) is 1.81. The van der Waals surface area contributed by atoms with Crippen LogP contribution in [0.3, 0.4) is 0 Å². The lowest BCUT2D eigenvalue weighted by Crippen LogP contribution is -2.36. The SMILES string of the molecule is CN(Cc1ccc(N2CCOCC2)cc1)C(=O)c1cccc(-n2cnnn2)c1. The number of amides is 1. The molecule has 3 aromatic rings. The third kappa shape index (κ3) is 4.01. The summed E-state index contributed by atoms with van der Waals surface area (Å²) in [4.78, 5) is 16.9. The molecule has 0 unspecified atom stereocenters. The van der Waals surface area contributed by atoms with Crippen LogP contribution in [0.2, 0.25) is 0 Å². The number of hydrogen-bond acceptors (Lipinski definition) is 6. The lowest BCUT2D eigenvalue weighted by molar-refractivity contribution is 0.0785. The number of carbonyl (C=O) groups excluding carboxylic acids is 1. The molecule has 1 aliphatic heterocycles. The first-order chi connectivity index (χ1) is 13.7. The van der Waals surface area contributed by atoms with E-state index in [0.29, 0.717) is 12.1 Å².